The molecule has 1 fully saturated rings. The van der Waals surface area contributed by atoms with Crippen molar-refractivity contribution in [3.8, 4) is 0 Å². The molecular weight excluding hydrogens is 429 g/mol. The summed E-state index contributed by atoms with van der Waals surface area (Å²) < 4.78 is 3.73. The van der Waals surface area contributed by atoms with Gasteiger partial charge in [0.1, 0.15) is 0 Å². The zero-order valence-corrected chi connectivity index (χ0v) is 17.6. The molecule has 2 aromatic rings. The van der Waals surface area contributed by atoms with Gasteiger partial charge in [0.2, 0.25) is 0 Å². The van der Waals surface area contributed by atoms with Crippen LogP contribution in [0.5, 0.6) is 0 Å². The van der Waals surface area contributed by atoms with E-state index in [4.69, 9.17) is 0 Å². The number of aliphatic imine (C=N–C) groups is 1. The van der Waals surface area contributed by atoms with Crippen molar-refractivity contribution in [1.82, 2.24) is 29.8 Å². The molecule has 0 saturated carbocycles. The first-order chi connectivity index (χ1) is 11.7. The lowest BCUT2D eigenvalue weighted by Crippen LogP contribution is -2.40. The van der Waals surface area contributed by atoms with E-state index in [9.17, 15) is 0 Å². The number of guanidine groups is 1. The zero-order valence-electron chi connectivity index (χ0n) is 15.2. The smallest absolute Gasteiger partial charge is 0.193 e. The first kappa shape index (κ1) is 19.7. The summed E-state index contributed by atoms with van der Waals surface area (Å²) in [5.74, 6) is 1.56. The number of hydrogen-bond acceptors (Lipinski definition) is 3. The number of hydrogen-bond donors (Lipinski definition) is 1. The topological polar surface area (TPSA) is 63.3 Å². The minimum absolute atomic E-state index is 0. The van der Waals surface area contributed by atoms with Crippen molar-refractivity contribution in [2.75, 3.05) is 26.7 Å². The lowest BCUT2D eigenvalue weighted by molar-refractivity contribution is 0.485. The lowest BCUT2D eigenvalue weighted by Gasteiger charge is -2.21. The van der Waals surface area contributed by atoms with Crippen LogP contribution in [-0.2, 0) is 20.5 Å². The van der Waals surface area contributed by atoms with Gasteiger partial charge in [-0.25, -0.2) is 0 Å². The molecule has 0 spiro atoms. The predicted octanol–water partition coefficient (Wildman–Crippen LogP) is 1.77. The average Bonchev–Trinajstić information content (AvgIpc) is 3.29. The highest BCUT2D eigenvalue weighted by Gasteiger charge is 2.26. The molecule has 1 saturated heterocycles. The highest BCUT2D eigenvalue weighted by molar-refractivity contribution is 14.0. The van der Waals surface area contributed by atoms with Crippen molar-refractivity contribution >= 4 is 29.9 Å². The van der Waals surface area contributed by atoms with Crippen molar-refractivity contribution in [2.45, 2.75) is 25.2 Å². The minimum Gasteiger partial charge on any atom is -0.356 e. The van der Waals surface area contributed by atoms with Crippen molar-refractivity contribution in [3.63, 3.8) is 0 Å². The number of nitrogens with zero attached hydrogens (tertiary/aromatic N) is 6. The van der Waals surface area contributed by atoms with Gasteiger partial charge in [-0.05, 0) is 30.4 Å². The summed E-state index contributed by atoms with van der Waals surface area (Å²) >= 11 is 0. The molecule has 0 radical (unpaired) electrons. The number of rotatable bonds is 5. The first-order valence-corrected chi connectivity index (χ1v) is 8.57. The monoisotopic (exact) mass is 457 g/mol. The molecule has 1 aliphatic rings. The van der Waals surface area contributed by atoms with Crippen LogP contribution < -0.4 is 5.32 Å². The van der Waals surface area contributed by atoms with Gasteiger partial charge in [-0.3, -0.25) is 14.4 Å². The van der Waals surface area contributed by atoms with Crippen molar-refractivity contribution in [1.29, 1.82) is 0 Å². The summed E-state index contributed by atoms with van der Waals surface area (Å²) in [6, 6.07) is 0. The van der Waals surface area contributed by atoms with Crippen molar-refractivity contribution < 1.29 is 0 Å². The van der Waals surface area contributed by atoms with Gasteiger partial charge in [-0.15, -0.1) is 24.0 Å². The van der Waals surface area contributed by atoms with E-state index in [0.29, 0.717) is 5.92 Å². The van der Waals surface area contributed by atoms with E-state index in [-0.39, 0.29) is 24.0 Å². The predicted molar refractivity (Wildman–Crippen MR) is 110 cm³/mol. The Morgan fingerprint density at radius 2 is 2.00 bits per heavy atom. The van der Waals surface area contributed by atoms with Crippen LogP contribution in [-0.4, -0.2) is 57.1 Å². The van der Waals surface area contributed by atoms with Gasteiger partial charge in [-0.2, -0.15) is 10.2 Å². The van der Waals surface area contributed by atoms with Crippen LogP contribution in [0.25, 0.3) is 0 Å². The number of aromatic nitrogens is 4. The zero-order chi connectivity index (χ0) is 16.9. The molecule has 0 aliphatic carbocycles. The second kappa shape index (κ2) is 9.21. The van der Waals surface area contributed by atoms with Crippen LogP contribution in [0, 0.1) is 0 Å². The maximum absolute atomic E-state index is 4.45. The normalized spacial score (nSPS) is 17.6. The summed E-state index contributed by atoms with van der Waals surface area (Å²) in [6.07, 6.45) is 11.4. The second-order valence-electron chi connectivity index (χ2n) is 6.48. The molecule has 2 aromatic heterocycles. The summed E-state index contributed by atoms with van der Waals surface area (Å²) in [6.45, 7) is 2.98. The van der Waals surface area contributed by atoms with Crippen molar-refractivity contribution in [3.05, 3.63) is 35.9 Å². The molecule has 138 valence electrons. The molecule has 1 atom stereocenters. The standard InChI is InChI=1S/C17H27N7.HI/c1-18-17(19-7-4-5-14-9-20-22(2)11-14)24-8-6-15(13-24)16-10-21-23(3)12-16;/h9-12,15H,4-8,13H2,1-3H3,(H,18,19);1H. The summed E-state index contributed by atoms with van der Waals surface area (Å²) in [5, 5.41) is 12.0. The minimum atomic E-state index is 0. The van der Waals surface area contributed by atoms with E-state index in [2.05, 4.69) is 37.8 Å². The molecule has 0 amide bonds. The van der Waals surface area contributed by atoms with Gasteiger partial charge < -0.3 is 10.2 Å². The van der Waals surface area contributed by atoms with E-state index in [1.165, 1.54) is 11.1 Å². The highest BCUT2D eigenvalue weighted by Crippen LogP contribution is 2.26. The molecule has 0 aromatic carbocycles. The Morgan fingerprint density at radius 1 is 1.24 bits per heavy atom. The quantitative estimate of drug-likeness (QED) is 0.322. The van der Waals surface area contributed by atoms with E-state index >= 15 is 0 Å². The SMILES string of the molecule is CN=C(NCCCc1cnn(C)c1)N1CCC(c2cnn(C)c2)C1.I. The first-order valence-electron chi connectivity index (χ1n) is 8.57. The Morgan fingerprint density at radius 3 is 2.64 bits per heavy atom. The summed E-state index contributed by atoms with van der Waals surface area (Å²) in [5.41, 5.74) is 2.61. The molecule has 25 heavy (non-hydrogen) atoms. The molecule has 1 aliphatic heterocycles. The van der Waals surface area contributed by atoms with E-state index < -0.39 is 0 Å². The number of nitrogens with one attached hydrogen (secondary N) is 1. The molecule has 3 rings (SSSR count). The lowest BCUT2D eigenvalue weighted by atomic mass is 10.0. The Hall–Kier alpha value is -1.58. The molecule has 7 nitrogen and oxygen atoms in total. The summed E-state index contributed by atoms with van der Waals surface area (Å²) in [7, 11) is 5.79. The van der Waals surface area contributed by atoms with Crippen LogP contribution in [0.15, 0.2) is 29.8 Å². The largest absolute Gasteiger partial charge is 0.356 e. The second-order valence-corrected chi connectivity index (χ2v) is 6.48. The molecule has 8 heteroatoms. The molecule has 1 unspecified atom stereocenters. The van der Waals surface area contributed by atoms with Gasteiger partial charge in [0.25, 0.3) is 0 Å². The van der Waals surface area contributed by atoms with Gasteiger partial charge >= 0.3 is 0 Å². The van der Waals surface area contributed by atoms with Gasteiger partial charge in [-0.1, -0.05) is 0 Å². The molecule has 0 bridgehead atoms. The molecule has 1 N–H and O–H groups in total. The maximum atomic E-state index is 4.45. The van der Waals surface area contributed by atoms with E-state index in [1.807, 2.05) is 42.9 Å². The molecule has 3 heterocycles. The van der Waals surface area contributed by atoms with Crippen molar-refractivity contribution in [2.24, 2.45) is 19.1 Å². The Kier molecular flexibility index (Phi) is 7.27. The van der Waals surface area contributed by atoms with Crippen LogP contribution in [0.1, 0.15) is 29.9 Å². The Labute approximate surface area is 166 Å². The van der Waals surface area contributed by atoms with E-state index in [0.717, 1.165) is 44.9 Å². The maximum Gasteiger partial charge on any atom is 0.193 e. The van der Waals surface area contributed by atoms with Crippen LogP contribution in [0.4, 0.5) is 0 Å². The number of likely N-dealkylation sites (tertiary alicyclic amines) is 1. The fourth-order valence-corrected chi connectivity index (χ4v) is 3.30. The molecular formula is C17H28IN7. The highest BCUT2D eigenvalue weighted by atomic mass is 127. The van der Waals surface area contributed by atoms with Crippen LogP contribution in [0.2, 0.25) is 0 Å². The Bertz CT molecular complexity index is 691. The van der Waals surface area contributed by atoms with Crippen LogP contribution >= 0.6 is 24.0 Å². The summed E-state index contributed by atoms with van der Waals surface area (Å²) in [4.78, 5) is 6.80. The average molecular weight is 457 g/mol. The Balaban J connectivity index is 0.00000225. The third kappa shape index (κ3) is 5.20. The van der Waals surface area contributed by atoms with Crippen LogP contribution in [0.3, 0.4) is 0 Å². The van der Waals surface area contributed by atoms with Gasteiger partial charge in [0, 0.05) is 59.1 Å². The third-order valence-corrected chi connectivity index (χ3v) is 4.58. The fraction of sp³-hybridized carbons (Fsp3) is 0.588. The van der Waals surface area contributed by atoms with E-state index in [1.54, 1.807) is 0 Å². The van der Waals surface area contributed by atoms with Gasteiger partial charge in [0.15, 0.2) is 5.96 Å². The third-order valence-electron chi connectivity index (χ3n) is 4.58. The van der Waals surface area contributed by atoms with Gasteiger partial charge in [0.05, 0.1) is 12.4 Å². The fourth-order valence-electron chi connectivity index (χ4n) is 3.30. The number of aryl methyl sites for hydroxylation is 3. The number of halogens is 1.